The number of hydrogen-bond donors (Lipinski definition) is 1. The van der Waals surface area contributed by atoms with E-state index in [1.165, 1.54) is 24.1 Å². The Hall–Kier alpha value is -2.49. The number of rotatable bonds is 7. The van der Waals surface area contributed by atoms with Crippen LogP contribution in [0.4, 0.5) is 5.69 Å². The monoisotopic (exact) mass is 394 g/mol. The molecule has 1 aliphatic rings. The third kappa shape index (κ3) is 5.75. The van der Waals surface area contributed by atoms with Crippen molar-refractivity contribution in [2.75, 3.05) is 18.0 Å². The van der Waals surface area contributed by atoms with Crippen LogP contribution in [-0.4, -0.2) is 25.1 Å². The molecule has 156 valence electrons. The van der Waals surface area contributed by atoms with Gasteiger partial charge in [-0.1, -0.05) is 43.7 Å². The molecule has 1 saturated heterocycles. The molecule has 1 aliphatic heterocycles. The normalized spacial score (nSPS) is 18.8. The number of carbonyl (C=O) groups excluding carboxylic acids is 1. The molecular weight excluding hydrogens is 360 g/mol. The summed E-state index contributed by atoms with van der Waals surface area (Å²) in [4.78, 5) is 15.2. The average Bonchev–Trinajstić information content (AvgIpc) is 2.73. The third-order valence-corrected chi connectivity index (χ3v) is 5.74. The van der Waals surface area contributed by atoms with Crippen LogP contribution >= 0.6 is 0 Å². The molecule has 1 amide bonds. The number of benzene rings is 2. The fourth-order valence-corrected chi connectivity index (χ4v) is 3.89. The van der Waals surface area contributed by atoms with Crippen LogP contribution in [0.15, 0.2) is 48.5 Å². The van der Waals surface area contributed by atoms with Crippen LogP contribution in [-0.2, 0) is 4.79 Å². The lowest BCUT2D eigenvalue weighted by molar-refractivity contribution is -0.128. The van der Waals surface area contributed by atoms with Gasteiger partial charge in [-0.05, 0) is 68.9 Å². The maximum Gasteiger partial charge on any atom is 0.261 e. The summed E-state index contributed by atoms with van der Waals surface area (Å²) in [6.45, 7) is 10.6. The number of ether oxygens (including phenoxy) is 1. The van der Waals surface area contributed by atoms with Crippen molar-refractivity contribution in [1.29, 1.82) is 0 Å². The molecule has 0 aliphatic carbocycles. The van der Waals surface area contributed by atoms with Crippen LogP contribution in [0.1, 0.15) is 57.2 Å². The minimum Gasteiger partial charge on any atom is -0.481 e. The first-order chi connectivity index (χ1) is 14.0. The minimum atomic E-state index is -0.491. The van der Waals surface area contributed by atoms with E-state index in [-0.39, 0.29) is 11.9 Å². The highest BCUT2D eigenvalue weighted by Crippen LogP contribution is 2.25. The molecule has 3 rings (SSSR count). The van der Waals surface area contributed by atoms with Crippen molar-refractivity contribution in [3.8, 4) is 5.75 Å². The van der Waals surface area contributed by atoms with Gasteiger partial charge in [-0.15, -0.1) is 0 Å². The van der Waals surface area contributed by atoms with Crippen LogP contribution in [0, 0.1) is 12.8 Å². The zero-order valence-electron chi connectivity index (χ0n) is 18.2. The van der Waals surface area contributed by atoms with E-state index in [1.807, 2.05) is 45.0 Å². The molecule has 4 heteroatoms. The van der Waals surface area contributed by atoms with E-state index in [4.69, 9.17) is 4.74 Å². The second-order valence-corrected chi connectivity index (χ2v) is 8.34. The molecule has 2 aromatic rings. The SMILES string of the molecule is CC[C@H](Oc1ccc(C)cc1)C(=O)N[C@H](C)c1ccc(N2CCC[C@H](C)C2)cc1. The van der Waals surface area contributed by atoms with Gasteiger partial charge >= 0.3 is 0 Å². The highest BCUT2D eigenvalue weighted by atomic mass is 16.5. The number of carbonyl (C=O) groups is 1. The molecule has 0 aromatic heterocycles. The van der Waals surface area contributed by atoms with Crippen molar-refractivity contribution in [2.24, 2.45) is 5.92 Å². The van der Waals surface area contributed by atoms with Crippen LogP contribution in [0.5, 0.6) is 5.75 Å². The van der Waals surface area contributed by atoms with E-state index in [0.717, 1.165) is 30.3 Å². The maximum atomic E-state index is 12.7. The van der Waals surface area contributed by atoms with E-state index in [9.17, 15) is 4.79 Å². The molecule has 0 saturated carbocycles. The first-order valence-corrected chi connectivity index (χ1v) is 10.8. The lowest BCUT2D eigenvalue weighted by Crippen LogP contribution is -2.39. The van der Waals surface area contributed by atoms with E-state index in [0.29, 0.717) is 6.42 Å². The predicted molar refractivity (Wildman–Crippen MR) is 119 cm³/mol. The highest BCUT2D eigenvalue weighted by molar-refractivity contribution is 5.81. The Morgan fingerprint density at radius 1 is 1.17 bits per heavy atom. The number of anilines is 1. The summed E-state index contributed by atoms with van der Waals surface area (Å²) in [6, 6.07) is 16.4. The molecule has 29 heavy (non-hydrogen) atoms. The highest BCUT2D eigenvalue weighted by Gasteiger charge is 2.21. The van der Waals surface area contributed by atoms with Crippen LogP contribution in [0.3, 0.4) is 0 Å². The topological polar surface area (TPSA) is 41.6 Å². The Balaban J connectivity index is 1.58. The van der Waals surface area contributed by atoms with Crippen molar-refractivity contribution in [3.05, 3.63) is 59.7 Å². The van der Waals surface area contributed by atoms with E-state index >= 15 is 0 Å². The van der Waals surface area contributed by atoms with Gasteiger partial charge in [-0.2, -0.15) is 0 Å². The van der Waals surface area contributed by atoms with E-state index in [2.05, 4.69) is 41.4 Å². The average molecular weight is 395 g/mol. The quantitative estimate of drug-likeness (QED) is 0.696. The van der Waals surface area contributed by atoms with Gasteiger partial charge in [0.05, 0.1) is 6.04 Å². The summed E-state index contributed by atoms with van der Waals surface area (Å²) < 4.78 is 5.91. The molecule has 0 unspecified atom stereocenters. The van der Waals surface area contributed by atoms with Gasteiger partial charge in [0.25, 0.3) is 5.91 Å². The number of nitrogens with one attached hydrogen (secondary N) is 1. The van der Waals surface area contributed by atoms with Crippen LogP contribution in [0.2, 0.25) is 0 Å². The van der Waals surface area contributed by atoms with Gasteiger partial charge in [0.15, 0.2) is 6.10 Å². The number of aryl methyl sites for hydroxylation is 1. The van der Waals surface area contributed by atoms with Crippen molar-refractivity contribution in [2.45, 2.75) is 59.1 Å². The summed E-state index contributed by atoms with van der Waals surface area (Å²) >= 11 is 0. The van der Waals surface area contributed by atoms with Gasteiger partial charge in [-0.25, -0.2) is 0 Å². The summed E-state index contributed by atoms with van der Waals surface area (Å²) in [5, 5.41) is 3.11. The smallest absolute Gasteiger partial charge is 0.261 e. The molecule has 3 atom stereocenters. The fourth-order valence-electron chi connectivity index (χ4n) is 3.89. The third-order valence-electron chi connectivity index (χ3n) is 5.74. The largest absolute Gasteiger partial charge is 0.481 e. The predicted octanol–water partition coefficient (Wildman–Crippen LogP) is 5.27. The first-order valence-electron chi connectivity index (χ1n) is 10.8. The van der Waals surface area contributed by atoms with E-state index in [1.54, 1.807) is 0 Å². The lowest BCUT2D eigenvalue weighted by Gasteiger charge is -2.33. The van der Waals surface area contributed by atoms with Gasteiger partial charge in [0.1, 0.15) is 5.75 Å². The van der Waals surface area contributed by atoms with Crippen LogP contribution in [0.25, 0.3) is 0 Å². The second kappa shape index (κ2) is 9.82. The molecule has 2 aromatic carbocycles. The van der Waals surface area contributed by atoms with Gasteiger partial charge in [-0.3, -0.25) is 4.79 Å². The zero-order valence-corrected chi connectivity index (χ0v) is 18.2. The molecular formula is C25H34N2O2. The molecule has 4 nitrogen and oxygen atoms in total. The number of amides is 1. The first kappa shape index (κ1) is 21.2. The minimum absolute atomic E-state index is 0.0625. The molecule has 1 N–H and O–H groups in total. The Labute approximate surface area is 175 Å². The van der Waals surface area contributed by atoms with Gasteiger partial charge in [0.2, 0.25) is 0 Å². The lowest BCUT2D eigenvalue weighted by atomic mass is 9.99. The second-order valence-electron chi connectivity index (χ2n) is 8.34. The summed E-state index contributed by atoms with van der Waals surface area (Å²) in [5.74, 6) is 1.40. The molecule has 0 spiro atoms. The molecule has 1 heterocycles. The summed E-state index contributed by atoms with van der Waals surface area (Å²) in [6.07, 6.45) is 2.71. The van der Waals surface area contributed by atoms with Crippen molar-refractivity contribution < 1.29 is 9.53 Å². The number of piperidine rings is 1. The van der Waals surface area contributed by atoms with Crippen molar-refractivity contribution >= 4 is 11.6 Å². The standard InChI is InChI=1S/C25H34N2O2/c1-5-24(29-23-14-8-18(2)9-15-23)25(28)26-20(4)21-10-12-22(13-11-21)27-16-6-7-19(3)17-27/h8-15,19-20,24H,5-7,16-17H2,1-4H3,(H,26,28)/t19-,20+,24-/m0/s1. The van der Waals surface area contributed by atoms with Crippen molar-refractivity contribution in [3.63, 3.8) is 0 Å². The zero-order chi connectivity index (χ0) is 20.8. The Morgan fingerprint density at radius 2 is 1.86 bits per heavy atom. The molecule has 0 bridgehead atoms. The molecule has 0 radical (unpaired) electrons. The Kier molecular flexibility index (Phi) is 7.18. The Morgan fingerprint density at radius 3 is 2.48 bits per heavy atom. The fraction of sp³-hybridized carbons (Fsp3) is 0.480. The number of hydrogen-bond acceptors (Lipinski definition) is 3. The van der Waals surface area contributed by atoms with Gasteiger partial charge < -0.3 is 15.0 Å². The number of nitrogens with zero attached hydrogens (tertiary/aromatic N) is 1. The van der Waals surface area contributed by atoms with Gasteiger partial charge in [0, 0.05) is 18.8 Å². The summed E-state index contributed by atoms with van der Waals surface area (Å²) in [7, 11) is 0. The maximum absolute atomic E-state index is 12.7. The van der Waals surface area contributed by atoms with Crippen LogP contribution < -0.4 is 15.0 Å². The summed E-state index contributed by atoms with van der Waals surface area (Å²) in [5.41, 5.74) is 3.55. The van der Waals surface area contributed by atoms with E-state index < -0.39 is 6.10 Å². The Bertz CT molecular complexity index is 785. The van der Waals surface area contributed by atoms with Crippen molar-refractivity contribution in [1.82, 2.24) is 5.32 Å². The molecule has 1 fully saturated rings.